The van der Waals surface area contributed by atoms with Gasteiger partial charge in [-0.2, -0.15) is 12.7 Å². The smallest absolute Gasteiger partial charge is 0.303 e. The number of halogens is 2. The third kappa shape index (κ3) is 6.44. The topological polar surface area (TPSA) is 116 Å². The Morgan fingerprint density at radius 1 is 0.771 bits per heavy atom. The van der Waals surface area contributed by atoms with E-state index in [4.69, 9.17) is 23.2 Å². The molecule has 0 aliphatic rings. The van der Waals surface area contributed by atoms with Gasteiger partial charge in [-0.1, -0.05) is 23.2 Å². The van der Waals surface area contributed by atoms with Crippen LogP contribution >= 0.6 is 23.2 Å². The van der Waals surface area contributed by atoms with E-state index in [1.165, 1.54) is 87.9 Å². The molecule has 0 radical (unpaired) electrons. The maximum absolute atomic E-state index is 12.6. The van der Waals surface area contributed by atoms with Crippen molar-refractivity contribution in [1.82, 2.24) is 4.31 Å². The summed E-state index contributed by atoms with van der Waals surface area (Å²) in [5.74, 6) is -0.447. The molecule has 13 heteroatoms. The molecule has 0 atom stereocenters. The van der Waals surface area contributed by atoms with E-state index < -0.39 is 26.1 Å². The summed E-state index contributed by atoms with van der Waals surface area (Å²) in [5.41, 5.74) is 1.27. The Bertz CT molecular complexity index is 1420. The summed E-state index contributed by atoms with van der Waals surface area (Å²) in [6.45, 7) is 0. The van der Waals surface area contributed by atoms with Crippen LogP contribution in [0.5, 0.6) is 0 Å². The first-order valence-corrected chi connectivity index (χ1v) is 13.6. The van der Waals surface area contributed by atoms with Crippen LogP contribution < -0.4 is 14.3 Å². The number of carbonyl (C=O) groups is 1. The van der Waals surface area contributed by atoms with Gasteiger partial charge in [-0.15, -0.1) is 0 Å². The molecule has 3 aromatic carbocycles. The number of sulfonamides is 1. The van der Waals surface area contributed by atoms with Crippen molar-refractivity contribution in [2.24, 2.45) is 0 Å². The molecular weight excluding hydrogens is 535 g/mol. The molecule has 0 aliphatic carbocycles. The van der Waals surface area contributed by atoms with E-state index in [1.54, 1.807) is 0 Å². The monoisotopic (exact) mass is 556 g/mol. The normalized spacial score (nSPS) is 11.8. The highest BCUT2D eigenvalue weighted by molar-refractivity contribution is 7.92. The lowest BCUT2D eigenvalue weighted by Crippen LogP contribution is -2.37. The lowest BCUT2D eigenvalue weighted by Gasteiger charge is -2.23. The van der Waals surface area contributed by atoms with Gasteiger partial charge in [-0.25, -0.2) is 8.42 Å². The van der Waals surface area contributed by atoms with Crippen LogP contribution in [0.2, 0.25) is 10.0 Å². The summed E-state index contributed by atoms with van der Waals surface area (Å²) in [6.07, 6.45) is 0. The Morgan fingerprint density at radius 3 is 1.83 bits per heavy atom. The largest absolute Gasteiger partial charge is 0.322 e. The van der Waals surface area contributed by atoms with E-state index in [0.717, 1.165) is 8.61 Å². The standard InChI is InChI=1S/C22H22Cl2N4O5S2/c1-27(2)35(32,33)28(3)20-8-4-15(5-9-20)22(29)25-18-6-10-21(11-7-18)34(30,31)26-19-13-16(23)12-17(24)14-19/h4-14,26H,1-3H3,(H,25,29). The predicted molar refractivity (Wildman–Crippen MR) is 139 cm³/mol. The van der Waals surface area contributed by atoms with Crippen LogP contribution in [0.1, 0.15) is 10.4 Å². The fraction of sp³-hybridized carbons (Fsp3) is 0.136. The molecule has 3 aromatic rings. The second-order valence-corrected chi connectivity index (χ2v) is 12.3. The number of hydrogen-bond donors (Lipinski definition) is 2. The zero-order valence-electron chi connectivity index (χ0n) is 18.9. The first-order valence-electron chi connectivity index (χ1n) is 9.96. The SMILES string of the molecule is CN(C)S(=O)(=O)N(C)c1ccc(C(=O)Nc2ccc(S(=O)(=O)Nc3cc(Cl)cc(Cl)c3)cc2)cc1. The zero-order valence-corrected chi connectivity index (χ0v) is 22.0. The van der Waals surface area contributed by atoms with Crippen molar-refractivity contribution in [3.05, 3.63) is 82.3 Å². The first kappa shape index (κ1) is 26.8. The zero-order chi connectivity index (χ0) is 26.0. The average molecular weight is 557 g/mol. The minimum atomic E-state index is -3.91. The van der Waals surface area contributed by atoms with Crippen molar-refractivity contribution in [3.63, 3.8) is 0 Å². The van der Waals surface area contributed by atoms with Crippen LogP contribution in [0.3, 0.4) is 0 Å². The Balaban J connectivity index is 1.70. The van der Waals surface area contributed by atoms with Crippen molar-refractivity contribution in [2.75, 3.05) is 35.5 Å². The lowest BCUT2D eigenvalue weighted by molar-refractivity contribution is 0.102. The summed E-state index contributed by atoms with van der Waals surface area (Å²) in [7, 11) is -3.31. The molecule has 186 valence electrons. The number of rotatable bonds is 8. The first-order chi connectivity index (χ1) is 16.3. The van der Waals surface area contributed by atoms with Gasteiger partial charge in [0.2, 0.25) is 0 Å². The molecule has 0 aromatic heterocycles. The molecule has 3 rings (SSSR count). The summed E-state index contributed by atoms with van der Waals surface area (Å²) in [6, 6.07) is 15.9. The molecule has 9 nitrogen and oxygen atoms in total. The molecule has 0 spiro atoms. The minimum absolute atomic E-state index is 0.0268. The fourth-order valence-electron chi connectivity index (χ4n) is 2.95. The quantitative estimate of drug-likeness (QED) is 0.429. The number of nitrogens with zero attached hydrogens (tertiary/aromatic N) is 2. The summed E-state index contributed by atoms with van der Waals surface area (Å²) < 4.78 is 54.3. The van der Waals surface area contributed by atoms with Crippen molar-refractivity contribution in [2.45, 2.75) is 4.90 Å². The van der Waals surface area contributed by atoms with Crippen LogP contribution in [0.25, 0.3) is 0 Å². The van der Waals surface area contributed by atoms with E-state index in [9.17, 15) is 21.6 Å². The van der Waals surface area contributed by atoms with E-state index in [2.05, 4.69) is 10.0 Å². The van der Waals surface area contributed by atoms with Crippen LogP contribution in [0, 0.1) is 0 Å². The van der Waals surface area contributed by atoms with Crippen LogP contribution in [0.15, 0.2) is 71.6 Å². The Labute approximate surface area is 214 Å². The molecule has 1 amide bonds. The third-order valence-corrected chi connectivity index (χ3v) is 8.50. The molecular formula is C22H22Cl2N4O5S2. The van der Waals surface area contributed by atoms with Crippen LogP contribution in [-0.2, 0) is 20.2 Å². The van der Waals surface area contributed by atoms with Gasteiger partial charge in [0.05, 0.1) is 16.3 Å². The molecule has 0 bridgehead atoms. The van der Waals surface area contributed by atoms with Gasteiger partial charge >= 0.3 is 10.2 Å². The summed E-state index contributed by atoms with van der Waals surface area (Å²) >= 11 is 11.8. The highest BCUT2D eigenvalue weighted by Gasteiger charge is 2.21. The van der Waals surface area contributed by atoms with Crippen molar-refractivity contribution in [1.29, 1.82) is 0 Å². The molecule has 0 saturated carbocycles. The van der Waals surface area contributed by atoms with Crippen molar-refractivity contribution in [3.8, 4) is 0 Å². The maximum Gasteiger partial charge on any atom is 0.303 e. The van der Waals surface area contributed by atoms with E-state index >= 15 is 0 Å². The Kier molecular flexibility index (Phi) is 7.97. The molecule has 35 heavy (non-hydrogen) atoms. The maximum atomic E-state index is 12.6. The minimum Gasteiger partial charge on any atom is -0.322 e. The van der Waals surface area contributed by atoms with Crippen molar-refractivity contribution >= 4 is 66.4 Å². The van der Waals surface area contributed by atoms with Crippen molar-refractivity contribution < 1.29 is 21.6 Å². The fourth-order valence-corrected chi connectivity index (χ4v) is 5.39. The number of benzene rings is 3. The molecule has 0 saturated heterocycles. The predicted octanol–water partition coefficient (Wildman–Crippen LogP) is 4.29. The van der Waals surface area contributed by atoms with Gasteiger partial charge < -0.3 is 5.32 Å². The molecule has 2 N–H and O–H groups in total. The molecule has 0 unspecified atom stereocenters. The van der Waals surface area contributed by atoms with Gasteiger partial charge in [0.25, 0.3) is 15.9 Å². The number of anilines is 3. The summed E-state index contributed by atoms with van der Waals surface area (Å²) in [5, 5.41) is 3.24. The Morgan fingerprint density at radius 2 is 1.31 bits per heavy atom. The Hall–Kier alpha value is -2.83. The van der Waals surface area contributed by atoms with E-state index in [0.29, 0.717) is 16.9 Å². The van der Waals surface area contributed by atoms with Gasteiger partial charge in [0, 0.05) is 42.4 Å². The van der Waals surface area contributed by atoms with Gasteiger partial charge in [0.1, 0.15) is 0 Å². The van der Waals surface area contributed by atoms with Crippen LogP contribution in [-0.4, -0.2) is 48.2 Å². The van der Waals surface area contributed by atoms with Crippen LogP contribution in [0.4, 0.5) is 17.1 Å². The van der Waals surface area contributed by atoms with E-state index in [1.807, 2.05) is 0 Å². The second kappa shape index (κ2) is 10.4. The summed E-state index contributed by atoms with van der Waals surface area (Å²) in [4.78, 5) is 12.6. The number of nitrogens with one attached hydrogen (secondary N) is 2. The lowest BCUT2D eigenvalue weighted by atomic mass is 10.2. The van der Waals surface area contributed by atoms with E-state index in [-0.39, 0.29) is 20.6 Å². The average Bonchev–Trinajstić information content (AvgIpc) is 2.78. The second-order valence-electron chi connectivity index (χ2n) is 7.55. The number of hydrogen-bond acceptors (Lipinski definition) is 5. The third-order valence-electron chi connectivity index (χ3n) is 4.84. The number of amides is 1. The molecule has 0 heterocycles. The van der Waals surface area contributed by atoms with Gasteiger partial charge in [-0.05, 0) is 66.7 Å². The molecule has 0 aliphatic heterocycles. The highest BCUT2D eigenvalue weighted by Crippen LogP contribution is 2.25. The van der Waals surface area contributed by atoms with Gasteiger partial charge in [0.15, 0.2) is 0 Å². The number of carbonyl (C=O) groups excluding carboxylic acids is 1. The molecule has 0 fully saturated rings. The van der Waals surface area contributed by atoms with Gasteiger partial charge in [-0.3, -0.25) is 13.8 Å². The highest BCUT2D eigenvalue weighted by atomic mass is 35.5.